The Morgan fingerprint density at radius 1 is 0.880 bits per heavy atom. The van der Waals surface area contributed by atoms with E-state index in [9.17, 15) is 4.79 Å². The molecule has 0 saturated carbocycles. The highest BCUT2D eigenvalue weighted by atomic mass is 16.5. The molecule has 0 amide bonds. The van der Waals surface area contributed by atoms with Crippen LogP contribution < -0.4 is 10.3 Å². The van der Waals surface area contributed by atoms with E-state index in [-0.39, 0.29) is 5.56 Å². The molecule has 0 saturated heterocycles. The van der Waals surface area contributed by atoms with Crippen molar-refractivity contribution >= 4 is 10.9 Å². The van der Waals surface area contributed by atoms with Crippen molar-refractivity contribution < 1.29 is 4.74 Å². The maximum Gasteiger partial charge on any atom is 0.255 e. The first kappa shape index (κ1) is 15.1. The number of aromatic nitrogens is 2. The first-order chi connectivity index (χ1) is 12.3. The molecule has 0 unspecified atom stereocenters. The number of benzene rings is 2. The molecule has 4 rings (SSSR count). The van der Waals surface area contributed by atoms with Crippen LogP contribution in [-0.4, -0.2) is 9.55 Å². The van der Waals surface area contributed by atoms with Crippen LogP contribution in [0.2, 0.25) is 0 Å². The number of hydrogen-bond acceptors (Lipinski definition) is 3. The van der Waals surface area contributed by atoms with Gasteiger partial charge in [-0.2, -0.15) is 0 Å². The van der Waals surface area contributed by atoms with E-state index < -0.39 is 0 Å². The van der Waals surface area contributed by atoms with Gasteiger partial charge in [0, 0.05) is 23.7 Å². The van der Waals surface area contributed by atoms with Crippen LogP contribution in [0.5, 0.6) is 5.75 Å². The Morgan fingerprint density at radius 3 is 2.68 bits per heavy atom. The van der Waals surface area contributed by atoms with Crippen molar-refractivity contribution in [2.24, 2.45) is 0 Å². The predicted octanol–water partition coefficient (Wildman–Crippen LogP) is 3.96. The molecule has 0 aliphatic heterocycles. The van der Waals surface area contributed by atoms with Gasteiger partial charge in [0.25, 0.3) is 5.56 Å². The Kier molecular flexibility index (Phi) is 4.01. The molecule has 0 radical (unpaired) electrons. The van der Waals surface area contributed by atoms with Crippen molar-refractivity contribution in [3.05, 3.63) is 101 Å². The van der Waals surface area contributed by atoms with E-state index in [1.807, 2.05) is 66.7 Å². The third kappa shape index (κ3) is 3.28. The molecule has 122 valence electrons. The maximum absolute atomic E-state index is 11.9. The number of hydrogen-bond donors (Lipinski definition) is 0. The predicted molar refractivity (Wildman–Crippen MR) is 98.1 cm³/mol. The number of fused-ring (bicyclic) bond motifs is 1. The van der Waals surface area contributed by atoms with Gasteiger partial charge in [0.1, 0.15) is 12.4 Å². The largest absolute Gasteiger partial charge is 0.487 e. The van der Waals surface area contributed by atoms with E-state index >= 15 is 0 Å². The van der Waals surface area contributed by atoms with Crippen LogP contribution in [0.4, 0.5) is 0 Å². The fraction of sp³-hybridized carbons (Fsp3) is 0.0476. The molecule has 25 heavy (non-hydrogen) atoms. The van der Waals surface area contributed by atoms with E-state index in [2.05, 4.69) is 4.98 Å². The minimum Gasteiger partial charge on any atom is -0.487 e. The summed E-state index contributed by atoms with van der Waals surface area (Å²) in [7, 11) is 0. The average Bonchev–Trinajstić information content (AvgIpc) is 2.67. The van der Waals surface area contributed by atoms with E-state index in [4.69, 9.17) is 4.74 Å². The van der Waals surface area contributed by atoms with E-state index in [0.717, 1.165) is 22.3 Å². The summed E-state index contributed by atoms with van der Waals surface area (Å²) in [4.78, 5) is 16.6. The second-order valence-corrected chi connectivity index (χ2v) is 5.69. The molecule has 2 aromatic heterocycles. The summed E-state index contributed by atoms with van der Waals surface area (Å²) in [6.07, 6.45) is 1.74. The van der Waals surface area contributed by atoms with Crippen molar-refractivity contribution in [1.29, 1.82) is 0 Å². The lowest BCUT2D eigenvalue weighted by Crippen LogP contribution is -2.15. The minimum atomic E-state index is -0.0733. The summed E-state index contributed by atoms with van der Waals surface area (Å²) in [6.45, 7) is 0.373. The smallest absolute Gasteiger partial charge is 0.255 e. The maximum atomic E-state index is 11.9. The van der Waals surface area contributed by atoms with Crippen LogP contribution in [0.15, 0.2) is 89.9 Å². The van der Waals surface area contributed by atoms with Crippen molar-refractivity contribution in [1.82, 2.24) is 9.55 Å². The third-order valence-corrected chi connectivity index (χ3v) is 3.96. The topological polar surface area (TPSA) is 44.1 Å². The van der Waals surface area contributed by atoms with Crippen molar-refractivity contribution in [3.63, 3.8) is 0 Å². The van der Waals surface area contributed by atoms with Gasteiger partial charge in [-0.25, -0.2) is 4.98 Å². The molecule has 2 heterocycles. The van der Waals surface area contributed by atoms with Gasteiger partial charge in [-0.15, -0.1) is 0 Å². The lowest BCUT2D eigenvalue weighted by Gasteiger charge is -2.09. The minimum absolute atomic E-state index is 0.0733. The highest BCUT2D eigenvalue weighted by Gasteiger charge is 2.03. The molecule has 4 nitrogen and oxygen atoms in total. The SMILES string of the molecule is O=c1ccccn1-c1cccc(OCc2ccc3ccccc3n2)c1. The fourth-order valence-electron chi connectivity index (χ4n) is 2.71. The summed E-state index contributed by atoms with van der Waals surface area (Å²) in [5, 5.41) is 1.11. The quantitative estimate of drug-likeness (QED) is 0.569. The van der Waals surface area contributed by atoms with Crippen molar-refractivity contribution in [2.75, 3.05) is 0 Å². The van der Waals surface area contributed by atoms with Crippen LogP contribution in [0.25, 0.3) is 16.6 Å². The van der Waals surface area contributed by atoms with Gasteiger partial charge in [-0.1, -0.05) is 36.4 Å². The van der Waals surface area contributed by atoms with Crippen LogP contribution in [-0.2, 0) is 6.61 Å². The number of rotatable bonds is 4. The van der Waals surface area contributed by atoms with Gasteiger partial charge in [0.05, 0.1) is 16.9 Å². The molecular formula is C21H16N2O2. The zero-order valence-electron chi connectivity index (χ0n) is 13.5. The fourth-order valence-corrected chi connectivity index (χ4v) is 2.71. The number of ether oxygens (including phenoxy) is 1. The molecule has 4 aromatic rings. The highest BCUT2D eigenvalue weighted by Crippen LogP contribution is 2.18. The third-order valence-electron chi connectivity index (χ3n) is 3.96. The van der Waals surface area contributed by atoms with Crippen molar-refractivity contribution in [3.8, 4) is 11.4 Å². The Hall–Kier alpha value is -3.40. The second kappa shape index (κ2) is 6.61. The van der Waals surface area contributed by atoms with Gasteiger partial charge in [0.15, 0.2) is 0 Å². The van der Waals surface area contributed by atoms with Crippen LogP contribution >= 0.6 is 0 Å². The molecule has 0 atom stereocenters. The molecule has 0 N–H and O–H groups in total. The zero-order valence-corrected chi connectivity index (χ0v) is 13.5. The van der Waals surface area contributed by atoms with E-state index in [1.54, 1.807) is 16.8 Å². The number of pyridine rings is 2. The van der Waals surface area contributed by atoms with Gasteiger partial charge < -0.3 is 4.74 Å². The van der Waals surface area contributed by atoms with Crippen LogP contribution in [0.3, 0.4) is 0 Å². The standard InChI is InChI=1S/C21H16N2O2/c24-21-10-3-4-13-23(21)18-7-5-8-19(14-18)25-15-17-12-11-16-6-1-2-9-20(16)22-17/h1-14H,15H2. The molecule has 0 aliphatic carbocycles. The van der Waals surface area contributed by atoms with Crippen LogP contribution in [0.1, 0.15) is 5.69 Å². The van der Waals surface area contributed by atoms with Gasteiger partial charge in [0.2, 0.25) is 0 Å². The summed E-state index contributed by atoms with van der Waals surface area (Å²) in [6, 6.07) is 24.6. The molecular weight excluding hydrogens is 312 g/mol. The number of para-hydroxylation sites is 1. The Bertz CT molecular complexity index is 1090. The average molecular weight is 328 g/mol. The number of nitrogens with zero attached hydrogens (tertiary/aromatic N) is 2. The first-order valence-electron chi connectivity index (χ1n) is 8.05. The normalized spacial score (nSPS) is 10.7. The second-order valence-electron chi connectivity index (χ2n) is 5.69. The van der Waals surface area contributed by atoms with Gasteiger partial charge >= 0.3 is 0 Å². The molecule has 0 bridgehead atoms. The Labute approximate surface area is 145 Å². The van der Waals surface area contributed by atoms with Gasteiger partial charge in [-0.3, -0.25) is 9.36 Å². The molecule has 0 spiro atoms. The van der Waals surface area contributed by atoms with E-state index in [0.29, 0.717) is 12.4 Å². The first-order valence-corrected chi connectivity index (χ1v) is 8.05. The molecule has 0 fully saturated rings. The molecule has 4 heteroatoms. The Balaban J connectivity index is 1.55. The monoisotopic (exact) mass is 328 g/mol. The van der Waals surface area contributed by atoms with Gasteiger partial charge in [-0.05, 0) is 30.3 Å². The molecule has 2 aromatic carbocycles. The Morgan fingerprint density at radius 2 is 1.76 bits per heavy atom. The summed E-state index contributed by atoms with van der Waals surface area (Å²) in [5.41, 5.74) is 2.51. The van der Waals surface area contributed by atoms with Crippen molar-refractivity contribution in [2.45, 2.75) is 6.61 Å². The molecule has 0 aliphatic rings. The summed E-state index contributed by atoms with van der Waals surface area (Å²) >= 11 is 0. The zero-order chi connectivity index (χ0) is 17.1. The lowest BCUT2D eigenvalue weighted by atomic mass is 10.2. The summed E-state index contributed by atoms with van der Waals surface area (Å²) in [5.74, 6) is 0.697. The highest BCUT2D eigenvalue weighted by molar-refractivity contribution is 5.78. The van der Waals surface area contributed by atoms with E-state index in [1.165, 1.54) is 6.07 Å². The summed E-state index contributed by atoms with van der Waals surface area (Å²) < 4.78 is 7.45. The van der Waals surface area contributed by atoms with Crippen LogP contribution in [0, 0.1) is 0 Å². The lowest BCUT2D eigenvalue weighted by molar-refractivity contribution is 0.301.